The number of pyridine rings is 1. The number of carbonyl (C=O) groups is 1. The number of thiophene rings is 1. The molecule has 1 spiro atoms. The van der Waals surface area contributed by atoms with E-state index in [1.807, 2.05) is 31.1 Å². The van der Waals surface area contributed by atoms with Crippen LogP contribution in [0.5, 0.6) is 0 Å². The number of nitrogens with one attached hydrogen (secondary N) is 1. The van der Waals surface area contributed by atoms with Crippen LogP contribution in [0.4, 0.5) is 21.8 Å². The van der Waals surface area contributed by atoms with Gasteiger partial charge in [-0.25, -0.2) is 19.3 Å². The molecule has 0 aromatic carbocycles. The third-order valence-electron chi connectivity index (χ3n) is 9.02. The summed E-state index contributed by atoms with van der Waals surface area (Å²) in [5.74, 6) is 1.87. The molecule has 1 N–H and O–H groups in total. The first kappa shape index (κ1) is 24.0. The fourth-order valence-electron chi connectivity index (χ4n) is 6.93. The lowest BCUT2D eigenvalue weighted by Crippen LogP contribution is -2.50. The van der Waals surface area contributed by atoms with E-state index in [0.717, 1.165) is 85.5 Å². The van der Waals surface area contributed by atoms with Crippen molar-refractivity contribution in [3.63, 3.8) is 0 Å². The topological polar surface area (TPSA) is 77.5 Å². The van der Waals surface area contributed by atoms with Gasteiger partial charge in [0.1, 0.15) is 11.5 Å². The molecule has 7 rings (SSSR count). The van der Waals surface area contributed by atoms with E-state index in [2.05, 4.69) is 43.2 Å². The van der Waals surface area contributed by atoms with Gasteiger partial charge in [-0.2, -0.15) is 0 Å². The molecule has 0 unspecified atom stereocenters. The lowest BCUT2D eigenvalue weighted by molar-refractivity contribution is 0.0658. The summed E-state index contributed by atoms with van der Waals surface area (Å²) < 4.78 is 15.1. The predicted octanol–water partition coefficient (Wildman–Crippen LogP) is 4.30. The van der Waals surface area contributed by atoms with Crippen LogP contribution in [0, 0.1) is 24.6 Å². The largest absolute Gasteiger partial charge is 0.370 e. The molecular formula is C28H32FN7OS. The van der Waals surface area contributed by atoms with Crippen molar-refractivity contribution in [3.05, 3.63) is 46.3 Å². The van der Waals surface area contributed by atoms with Gasteiger partial charge in [-0.05, 0) is 56.3 Å². The standard InChI is InChI=1S/C28H32FN7OS/c1-16-22-25(28(7-4-8-28)15-35(3)26(22)37)38-24(16)23-20(29)10-31-27(33-23)32-21-6-5-19(9-30-21)36-13-17-11-34(2)12-18(17)14-36/h5-6,9-10,17-18H,4,7-8,11-15H2,1-3H3,(H,30,31,32,33)/t17-,18+. The Morgan fingerprint density at radius 1 is 1.08 bits per heavy atom. The number of hydrogen-bond donors (Lipinski definition) is 1. The molecule has 3 fully saturated rings. The fraction of sp³-hybridized carbons (Fsp3) is 0.500. The van der Waals surface area contributed by atoms with Gasteiger partial charge in [0.15, 0.2) is 5.82 Å². The zero-order chi connectivity index (χ0) is 26.2. The molecule has 8 nitrogen and oxygen atoms in total. The van der Waals surface area contributed by atoms with Gasteiger partial charge in [-0.15, -0.1) is 11.3 Å². The van der Waals surface area contributed by atoms with Crippen LogP contribution in [0.3, 0.4) is 0 Å². The van der Waals surface area contributed by atoms with Crippen molar-refractivity contribution in [3.8, 4) is 10.6 Å². The van der Waals surface area contributed by atoms with Gasteiger partial charge in [0.25, 0.3) is 5.91 Å². The molecular weight excluding hydrogens is 501 g/mol. The Hall–Kier alpha value is -3.11. The van der Waals surface area contributed by atoms with Gasteiger partial charge in [0, 0.05) is 50.1 Å². The normalized spacial score (nSPS) is 24.1. The summed E-state index contributed by atoms with van der Waals surface area (Å²) in [7, 11) is 4.06. The van der Waals surface area contributed by atoms with E-state index in [1.54, 1.807) is 0 Å². The summed E-state index contributed by atoms with van der Waals surface area (Å²) in [5.41, 5.74) is 2.90. The smallest absolute Gasteiger partial charge is 0.255 e. The van der Waals surface area contributed by atoms with Crippen LogP contribution < -0.4 is 10.2 Å². The Labute approximate surface area is 225 Å². The quantitative estimate of drug-likeness (QED) is 0.536. The van der Waals surface area contributed by atoms with Crippen molar-refractivity contribution in [1.82, 2.24) is 24.8 Å². The molecule has 1 saturated carbocycles. The van der Waals surface area contributed by atoms with E-state index in [-0.39, 0.29) is 23.0 Å². The second-order valence-corrected chi connectivity index (χ2v) is 12.6. The highest BCUT2D eigenvalue weighted by atomic mass is 32.1. The molecule has 3 aromatic heterocycles. The molecule has 3 aromatic rings. The van der Waals surface area contributed by atoms with Gasteiger partial charge in [-0.1, -0.05) is 6.42 Å². The maximum atomic E-state index is 15.1. The highest BCUT2D eigenvalue weighted by molar-refractivity contribution is 7.16. The van der Waals surface area contributed by atoms with Gasteiger partial charge in [-0.3, -0.25) is 4.79 Å². The SMILES string of the molecule is Cc1c(-c2nc(Nc3ccc(N4C[C@H]5CN(C)C[C@H]5C4)cn3)ncc2F)sc2c1C(=O)N(C)CC21CCC1. The third kappa shape index (κ3) is 3.71. The number of amides is 1. The minimum Gasteiger partial charge on any atom is -0.370 e. The Morgan fingerprint density at radius 3 is 2.50 bits per heavy atom. The lowest BCUT2D eigenvalue weighted by atomic mass is 9.65. The van der Waals surface area contributed by atoms with Crippen LogP contribution in [0.1, 0.15) is 40.1 Å². The van der Waals surface area contributed by atoms with Crippen molar-refractivity contribution in [2.75, 3.05) is 57.0 Å². The molecule has 4 aliphatic rings. The number of likely N-dealkylation sites (tertiary alicyclic amines) is 1. The van der Waals surface area contributed by atoms with E-state index >= 15 is 4.39 Å². The molecule has 198 valence electrons. The van der Waals surface area contributed by atoms with Gasteiger partial charge < -0.3 is 20.0 Å². The van der Waals surface area contributed by atoms with Crippen LogP contribution in [0.2, 0.25) is 0 Å². The van der Waals surface area contributed by atoms with Crippen molar-refractivity contribution < 1.29 is 9.18 Å². The molecule has 1 aliphatic carbocycles. The van der Waals surface area contributed by atoms with Crippen LogP contribution >= 0.6 is 11.3 Å². The molecule has 0 bridgehead atoms. The van der Waals surface area contributed by atoms with Gasteiger partial charge in [0.05, 0.1) is 28.5 Å². The second kappa shape index (κ2) is 8.71. The lowest BCUT2D eigenvalue weighted by Gasteiger charge is -2.47. The monoisotopic (exact) mass is 533 g/mol. The number of rotatable bonds is 4. The molecule has 3 aliphatic heterocycles. The van der Waals surface area contributed by atoms with Crippen molar-refractivity contribution in [2.24, 2.45) is 11.8 Å². The number of fused-ring (bicyclic) bond motifs is 3. The first-order valence-electron chi connectivity index (χ1n) is 13.4. The Kier molecular flexibility index (Phi) is 5.49. The van der Waals surface area contributed by atoms with Crippen LogP contribution in [0.25, 0.3) is 10.6 Å². The molecule has 6 heterocycles. The number of aromatic nitrogens is 3. The van der Waals surface area contributed by atoms with Crippen LogP contribution in [-0.4, -0.2) is 77.5 Å². The summed E-state index contributed by atoms with van der Waals surface area (Å²) in [4.78, 5) is 34.9. The first-order valence-corrected chi connectivity index (χ1v) is 14.2. The summed E-state index contributed by atoms with van der Waals surface area (Å²) in [6.07, 6.45) is 6.37. The maximum absolute atomic E-state index is 15.1. The maximum Gasteiger partial charge on any atom is 0.255 e. The number of anilines is 3. The molecule has 2 saturated heterocycles. The van der Waals surface area contributed by atoms with E-state index in [4.69, 9.17) is 0 Å². The van der Waals surface area contributed by atoms with E-state index < -0.39 is 5.82 Å². The minimum absolute atomic E-state index is 0.00579. The number of hydrogen-bond acceptors (Lipinski definition) is 8. The average molecular weight is 534 g/mol. The molecule has 1 amide bonds. The van der Waals surface area contributed by atoms with Gasteiger partial charge >= 0.3 is 0 Å². The number of nitrogens with zero attached hydrogens (tertiary/aromatic N) is 6. The second-order valence-electron chi connectivity index (χ2n) is 11.6. The zero-order valence-corrected chi connectivity index (χ0v) is 22.8. The number of likely N-dealkylation sites (N-methyl/N-ethyl adjacent to an activating group) is 1. The van der Waals surface area contributed by atoms with Crippen molar-refractivity contribution >= 4 is 34.7 Å². The molecule has 10 heteroatoms. The summed E-state index contributed by atoms with van der Waals surface area (Å²) >= 11 is 1.53. The van der Waals surface area contributed by atoms with E-state index in [9.17, 15) is 4.79 Å². The third-order valence-corrected chi connectivity index (χ3v) is 10.6. The molecule has 2 atom stereocenters. The average Bonchev–Trinajstić information content (AvgIpc) is 3.53. The Balaban J connectivity index is 1.14. The number of halogens is 1. The molecule has 38 heavy (non-hydrogen) atoms. The Morgan fingerprint density at radius 2 is 1.84 bits per heavy atom. The first-order chi connectivity index (χ1) is 18.3. The van der Waals surface area contributed by atoms with Crippen molar-refractivity contribution in [2.45, 2.75) is 31.6 Å². The fourth-order valence-corrected chi connectivity index (χ4v) is 8.46. The number of carbonyl (C=O) groups excluding carboxylic acids is 1. The summed E-state index contributed by atoms with van der Waals surface area (Å²) in [5, 5.41) is 3.14. The predicted molar refractivity (Wildman–Crippen MR) is 147 cm³/mol. The van der Waals surface area contributed by atoms with Gasteiger partial charge in [0.2, 0.25) is 5.95 Å². The summed E-state index contributed by atoms with van der Waals surface area (Å²) in [6, 6.07) is 3.99. The summed E-state index contributed by atoms with van der Waals surface area (Å²) in [6.45, 7) is 7.10. The van der Waals surface area contributed by atoms with Crippen LogP contribution in [-0.2, 0) is 5.41 Å². The van der Waals surface area contributed by atoms with Crippen molar-refractivity contribution in [1.29, 1.82) is 0 Å². The molecule has 0 radical (unpaired) electrons. The highest BCUT2D eigenvalue weighted by Gasteiger charge is 2.48. The zero-order valence-electron chi connectivity index (χ0n) is 22.0. The van der Waals surface area contributed by atoms with E-state index in [1.165, 1.54) is 17.5 Å². The van der Waals surface area contributed by atoms with Crippen LogP contribution in [0.15, 0.2) is 24.5 Å². The Bertz CT molecular complexity index is 1410. The highest BCUT2D eigenvalue weighted by Crippen LogP contribution is 2.53. The van der Waals surface area contributed by atoms with E-state index in [0.29, 0.717) is 10.7 Å². The minimum atomic E-state index is -0.491.